The van der Waals surface area contributed by atoms with E-state index in [4.69, 9.17) is 4.74 Å². The molecule has 0 bridgehead atoms. The predicted octanol–water partition coefficient (Wildman–Crippen LogP) is 4.36. The second-order valence-corrected chi connectivity index (χ2v) is 9.12. The smallest absolute Gasteiger partial charge is 0.350 e. The molecular formula is C20H28N2O3S. The minimum absolute atomic E-state index is 0.0201. The fraction of sp³-hybridized carbons (Fsp3) is 0.650. The predicted molar refractivity (Wildman–Crippen MR) is 104 cm³/mol. The largest absolute Gasteiger partial charge is 0.462 e. The number of aromatic nitrogens is 1. The summed E-state index contributed by atoms with van der Waals surface area (Å²) in [7, 11) is 0. The summed E-state index contributed by atoms with van der Waals surface area (Å²) in [6.07, 6.45) is 4.21. The van der Waals surface area contributed by atoms with Crippen molar-refractivity contribution in [2.24, 2.45) is 17.3 Å². The number of rotatable bonds is 6. The summed E-state index contributed by atoms with van der Waals surface area (Å²) >= 11 is 1.28. The Hall–Kier alpha value is -1.69. The number of esters is 1. The van der Waals surface area contributed by atoms with E-state index in [1.165, 1.54) is 16.9 Å². The van der Waals surface area contributed by atoms with Gasteiger partial charge in [-0.1, -0.05) is 36.8 Å². The van der Waals surface area contributed by atoms with Crippen LogP contribution in [0.2, 0.25) is 0 Å². The molecule has 0 N–H and O–H groups in total. The van der Waals surface area contributed by atoms with Crippen LogP contribution in [0.1, 0.15) is 62.8 Å². The number of allylic oxidation sites excluding steroid dienone is 2. The Morgan fingerprint density at radius 1 is 1.35 bits per heavy atom. The first-order valence-electron chi connectivity index (χ1n) is 9.31. The second kappa shape index (κ2) is 6.80. The molecule has 0 radical (unpaired) electrons. The van der Waals surface area contributed by atoms with E-state index < -0.39 is 0 Å². The van der Waals surface area contributed by atoms with Crippen LogP contribution < -0.4 is 4.90 Å². The first kappa shape index (κ1) is 19.1. The van der Waals surface area contributed by atoms with Crippen molar-refractivity contribution in [2.75, 3.05) is 11.5 Å². The molecular weight excluding hydrogens is 348 g/mol. The lowest BCUT2D eigenvalue weighted by Gasteiger charge is -2.20. The van der Waals surface area contributed by atoms with Gasteiger partial charge in [0.15, 0.2) is 5.13 Å². The van der Waals surface area contributed by atoms with Crippen LogP contribution in [0.4, 0.5) is 5.13 Å². The van der Waals surface area contributed by atoms with Crippen molar-refractivity contribution in [1.29, 1.82) is 0 Å². The van der Waals surface area contributed by atoms with Gasteiger partial charge in [-0.05, 0) is 51.9 Å². The Labute approximate surface area is 159 Å². The number of nitrogens with zero attached hydrogens (tertiary/aromatic N) is 2. The van der Waals surface area contributed by atoms with E-state index in [0.29, 0.717) is 22.3 Å². The fourth-order valence-electron chi connectivity index (χ4n) is 3.60. The second-order valence-electron chi connectivity index (χ2n) is 8.14. The van der Waals surface area contributed by atoms with E-state index in [1.54, 1.807) is 13.8 Å². The number of hydrogen-bond acceptors (Lipinski definition) is 5. The van der Waals surface area contributed by atoms with E-state index in [-0.39, 0.29) is 35.2 Å². The summed E-state index contributed by atoms with van der Waals surface area (Å²) in [4.78, 5) is 32.4. The number of hydrogen-bond donors (Lipinski definition) is 0. The summed E-state index contributed by atoms with van der Waals surface area (Å²) in [6.45, 7) is 12.4. The number of carbonyl (C=O) groups is 2. The number of anilines is 1. The zero-order valence-corrected chi connectivity index (χ0v) is 17.3. The molecule has 0 aromatic carbocycles. The van der Waals surface area contributed by atoms with Crippen LogP contribution >= 0.6 is 11.3 Å². The van der Waals surface area contributed by atoms with Gasteiger partial charge in [0.1, 0.15) is 4.88 Å². The van der Waals surface area contributed by atoms with E-state index in [1.807, 2.05) is 4.90 Å². The van der Waals surface area contributed by atoms with Crippen LogP contribution in [0.3, 0.4) is 0 Å². The first-order valence-corrected chi connectivity index (χ1v) is 10.1. The van der Waals surface area contributed by atoms with Crippen molar-refractivity contribution < 1.29 is 14.3 Å². The van der Waals surface area contributed by atoms with Gasteiger partial charge < -0.3 is 4.74 Å². The minimum Gasteiger partial charge on any atom is -0.462 e. The molecule has 5 nitrogen and oxygen atoms in total. The van der Waals surface area contributed by atoms with Crippen LogP contribution in [0.25, 0.3) is 0 Å². The van der Waals surface area contributed by atoms with Crippen molar-refractivity contribution in [1.82, 2.24) is 4.98 Å². The number of ether oxygens (including phenoxy) is 1. The zero-order valence-electron chi connectivity index (χ0n) is 16.5. The molecule has 2 fully saturated rings. The minimum atomic E-state index is -0.355. The summed E-state index contributed by atoms with van der Waals surface area (Å²) in [5, 5.41) is 0.636. The van der Waals surface area contributed by atoms with Crippen LogP contribution in [-0.2, 0) is 9.53 Å². The van der Waals surface area contributed by atoms with Gasteiger partial charge in [-0.25, -0.2) is 9.78 Å². The number of thiazole rings is 1. The van der Waals surface area contributed by atoms with Gasteiger partial charge >= 0.3 is 5.97 Å². The molecule has 1 aromatic heterocycles. The molecule has 0 saturated heterocycles. The topological polar surface area (TPSA) is 59.5 Å². The Kier molecular flexibility index (Phi) is 4.99. The lowest BCUT2D eigenvalue weighted by molar-refractivity contribution is -0.120. The summed E-state index contributed by atoms with van der Waals surface area (Å²) in [6, 6.07) is 0.215. The zero-order chi connectivity index (χ0) is 19.2. The quantitative estimate of drug-likeness (QED) is 0.547. The Balaban J connectivity index is 1.87. The van der Waals surface area contributed by atoms with Gasteiger partial charge in [-0.15, -0.1) is 0 Å². The molecule has 1 aromatic rings. The molecule has 1 amide bonds. The van der Waals surface area contributed by atoms with Gasteiger partial charge in [-0.3, -0.25) is 9.69 Å². The monoisotopic (exact) mass is 376 g/mol. The summed E-state index contributed by atoms with van der Waals surface area (Å²) < 4.78 is 5.11. The normalized spacial score (nSPS) is 23.3. The van der Waals surface area contributed by atoms with Crippen molar-refractivity contribution in [3.63, 3.8) is 0 Å². The standard InChI is InChI=1S/C20H28N2O3S/c1-7-25-18(24)16-12(4)21-19(26-16)22(13-8-9-13)17(23)15-14(10-11(2)3)20(15,5)6/h10,13-15H,7-9H2,1-6H3. The molecule has 2 saturated carbocycles. The maximum atomic E-state index is 13.4. The number of aryl methyl sites for hydroxylation is 1. The Morgan fingerprint density at radius 2 is 2.00 bits per heavy atom. The summed E-state index contributed by atoms with van der Waals surface area (Å²) in [5.41, 5.74) is 1.85. The maximum absolute atomic E-state index is 13.4. The van der Waals surface area contributed by atoms with Crippen molar-refractivity contribution in [3.05, 3.63) is 22.2 Å². The molecule has 1 heterocycles. The van der Waals surface area contributed by atoms with Crippen LogP contribution in [0.15, 0.2) is 11.6 Å². The third kappa shape index (κ3) is 3.43. The van der Waals surface area contributed by atoms with Crippen molar-refractivity contribution in [2.45, 2.75) is 60.4 Å². The fourth-order valence-corrected chi connectivity index (χ4v) is 4.64. The number of amides is 1. The van der Waals surface area contributed by atoms with Gasteiger partial charge in [0.2, 0.25) is 5.91 Å². The van der Waals surface area contributed by atoms with Crippen LogP contribution in [0.5, 0.6) is 0 Å². The van der Waals surface area contributed by atoms with E-state index in [0.717, 1.165) is 12.8 Å². The van der Waals surface area contributed by atoms with Crippen molar-refractivity contribution >= 4 is 28.3 Å². The third-order valence-corrected chi connectivity index (χ3v) is 6.43. The molecule has 2 unspecified atom stereocenters. The highest BCUT2D eigenvalue weighted by Crippen LogP contribution is 2.60. The van der Waals surface area contributed by atoms with Crippen LogP contribution in [-0.4, -0.2) is 29.5 Å². The van der Waals surface area contributed by atoms with Crippen molar-refractivity contribution in [3.8, 4) is 0 Å². The molecule has 142 valence electrons. The summed E-state index contributed by atoms with van der Waals surface area (Å²) in [5.74, 6) is 0.0374. The molecule has 3 rings (SSSR count). The average molecular weight is 377 g/mol. The highest BCUT2D eigenvalue weighted by Gasteiger charge is 2.62. The van der Waals surface area contributed by atoms with Gasteiger partial charge in [0.25, 0.3) is 0 Å². The Bertz CT molecular complexity index is 757. The molecule has 26 heavy (non-hydrogen) atoms. The molecule has 0 aliphatic heterocycles. The highest BCUT2D eigenvalue weighted by atomic mass is 32.1. The first-order chi connectivity index (χ1) is 12.2. The number of carbonyl (C=O) groups excluding carboxylic acids is 2. The maximum Gasteiger partial charge on any atom is 0.350 e. The molecule has 2 atom stereocenters. The van der Waals surface area contributed by atoms with Gasteiger partial charge in [-0.2, -0.15) is 0 Å². The molecule has 0 spiro atoms. The Morgan fingerprint density at radius 3 is 2.54 bits per heavy atom. The van der Waals surface area contributed by atoms with E-state index in [9.17, 15) is 9.59 Å². The SMILES string of the molecule is CCOC(=O)c1sc(N(C(=O)C2C(C=C(C)C)C2(C)C)C2CC2)nc1C. The van der Waals surface area contributed by atoms with E-state index >= 15 is 0 Å². The highest BCUT2D eigenvalue weighted by molar-refractivity contribution is 7.17. The van der Waals surface area contributed by atoms with E-state index in [2.05, 4.69) is 38.8 Å². The average Bonchev–Trinajstić information content (AvgIpc) is 3.40. The van der Waals surface area contributed by atoms with Gasteiger partial charge in [0, 0.05) is 6.04 Å². The third-order valence-electron chi connectivity index (χ3n) is 5.29. The molecule has 2 aliphatic rings. The van der Waals surface area contributed by atoms with Crippen LogP contribution in [0, 0.1) is 24.2 Å². The lowest BCUT2D eigenvalue weighted by Crippen LogP contribution is -2.35. The van der Waals surface area contributed by atoms with Gasteiger partial charge in [0.05, 0.1) is 18.2 Å². The molecule has 6 heteroatoms. The lowest BCUT2D eigenvalue weighted by atomic mass is 10.1. The molecule has 2 aliphatic carbocycles.